The summed E-state index contributed by atoms with van der Waals surface area (Å²) in [5.41, 5.74) is 2.52. The lowest BCUT2D eigenvalue weighted by Crippen LogP contribution is -2.06. The van der Waals surface area contributed by atoms with Gasteiger partial charge in [-0.05, 0) is 32.0 Å². The first-order valence-electron chi connectivity index (χ1n) is 5.83. The number of nitro groups is 1. The van der Waals surface area contributed by atoms with E-state index in [9.17, 15) is 10.1 Å². The van der Waals surface area contributed by atoms with Crippen molar-refractivity contribution in [2.24, 2.45) is 0 Å². The number of ether oxygens (including phenoxy) is 1. The summed E-state index contributed by atoms with van der Waals surface area (Å²) in [5, 5.41) is 15.4. The zero-order chi connectivity index (χ0) is 14.0. The molecule has 1 aromatic carbocycles. The molecule has 1 heterocycles. The minimum atomic E-state index is -0.388. The summed E-state index contributed by atoms with van der Waals surface area (Å²) in [7, 11) is 1.54. The van der Waals surface area contributed by atoms with E-state index in [1.54, 1.807) is 16.8 Å². The smallest absolute Gasteiger partial charge is 0.274 e. The van der Waals surface area contributed by atoms with E-state index in [0.717, 1.165) is 11.4 Å². The van der Waals surface area contributed by atoms with Crippen LogP contribution in [0.5, 0.6) is 5.75 Å². The van der Waals surface area contributed by atoms with Crippen LogP contribution in [0.15, 0.2) is 24.3 Å². The van der Waals surface area contributed by atoms with Crippen molar-refractivity contribution in [3.8, 4) is 5.75 Å². The Balaban J connectivity index is 2.42. The van der Waals surface area contributed by atoms with Crippen LogP contribution < -0.4 is 4.74 Å². The normalized spacial score (nSPS) is 10.5. The van der Waals surface area contributed by atoms with Crippen LogP contribution in [0.1, 0.15) is 17.0 Å². The molecule has 0 saturated carbocycles. The number of aryl methyl sites for hydroxylation is 2. The number of hydrogen-bond donors (Lipinski definition) is 0. The fourth-order valence-corrected chi connectivity index (χ4v) is 1.99. The van der Waals surface area contributed by atoms with Crippen molar-refractivity contribution in [3.63, 3.8) is 0 Å². The topological polar surface area (TPSA) is 70.2 Å². The van der Waals surface area contributed by atoms with Crippen LogP contribution >= 0.6 is 0 Å². The first-order valence-corrected chi connectivity index (χ1v) is 5.83. The summed E-state index contributed by atoms with van der Waals surface area (Å²) in [6, 6.07) is 6.66. The van der Waals surface area contributed by atoms with Gasteiger partial charge in [0.05, 0.1) is 29.8 Å². The zero-order valence-corrected chi connectivity index (χ0v) is 11.1. The van der Waals surface area contributed by atoms with Crippen molar-refractivity contribution >= 4 is 5.69 Å². The largest absolute Gasteiger partial charge is 0.497 e. The minimum absolute atomic E-state index is 0.0772. The third kappa shape index (κ3) is 2.73. The minimum Gasteiger partial charge on any atom is -0.497 e. The maximum atomic E-state index is 11.0. The first kappa shape index (κ1) is 13.1. The van der Waals surface area contributed by atoms with E-state index < -0.39 is 0 Å². The van der Waals surface area contributed by atoms with E-state index >= 15 is 0 Å². The van der Waals surface area contributed by atoms with Gasteiger partial charge in [-0.3, -0.25) is 14.8 Å². The highest BCUT2D eigenvalue weighted by Crippen LogP contribution is 2.25. The molecule has 1 aromatic heterocycles. The molecular formula is C13H15N3O3. The molecule has 0 bridgehead atoms. The Labute approximate surface area is 110 Å². The molecule has 0 aliphatic rings. The lowest BCUT2D eigenvalue weighted by Gasteiger charge is -2.07. The van der Waals surface area contributed by atoms with Crippen molar-refractivity contribution in [3.05, 3.63) is 51.3 Å². The monoisotopic (exact) mass is 261 g/mol. The van der Waals surface area contributed by atoms with E-state index in [-0.39, 0.29) is 10.6 Å². The van der Waals surface area contributed by atoms with Crippen LogP contribution in [-0.2, 0) is 6.54 Å². The Morgan fingerprint density at radius 3 is 2.63 bits per heavy atom. The second kappa shape index (κ2) is 5.09. The average molecular weight is 261 g/mol. The Morgan fingerprint density at radius 2 is 2.11 bits per heavy atom. The van der Waals surface area contributed by atoms with Gasteiger partial charge in [-0.2, -0.15) is 5.10 Å². The van der Waals surface area contributed by atoms with Gasteiger partial charge in [0, 0.05) is 11.8 Å². The number of hydrogen-bond acceptors (Lipinski definition) is 4. The average Bonchev–Trinajstić information content (AvgIpc) is 2.67. The van der Waals surface area contributed by atoms with Crippen LogP contribution in [0.3, 0.4) is 0 Å². The molecule has 0 saturated heterocycles. The van der Waals surface area contributed by atoms with Crippen molar-refractivity contribution in [1.82, 2.24) is 9.78 Å². The van der Waals surface area contributed by atoms with Gasteiger partial charge in [0.25, 0.3) is 5.69 Å². The third-order valence-corrected chi connectivity index (χ3v) is 2.91. The van der Waals surface area contributed by atoms with Crippen molar-refractivity contribution in [1.29, 1.82) is 0 Å². The number of nitro benzene ring substituents is 1. The second-order valence-corrected chi connectivity index (χ2v) is 4.34. The van der Waals surface area contributed by atoms with E-state index in [0.29, 0.717) is 17.9 Å². The summed E-state index contributed by atoms with van der Waals surface area (Å²) in [4.78, 5) is 10.6. The van der Waals surface area contributed by atoms with Gasteiger partial charge in [0.15, 0.2) is 0 Å². The summed E-state index contributed by atoms with van der Waals surface area (Å²) in [6.07, 6.45) is 0. The van der Waals surface area contributed by atoms with Crippen LogP contribution in [-0.4, -0.2) is 21.8 Å². The molecule has 0 unspecified atom stereocenters. The fourth-order valence-electron chi connectivity index (χ4n) is 1.99. The van der Waals surface area contributed by atoms with E-state index in [4.69, 9.17) is 4.74 Å². The van der Waals surface area contributed by atoms with Gasteiger partial charge in [-0.15, -0.1) is 0 Å². The molecule has 2 rings (SSSR count). The zero-order valence-electron chi connectivity index (χ0n) is 11.1. The van der Waals surface area contributed by atoms with Crippen LogP contribution in [0.2, 0.25) is 0 Å². The van der Waals surface area contributed by atoms with Gasteiger partial charge in [-0.25, -0.2) is 0 Å². The quantitative estimate of drug-likeness (QED) is 0.626. The summed E-state index contributed by atoms with van der Waals surface area (Å²) in [5.74, 6) is 0.599. The van der Waals surface area contributed by atoms with Crippen LogP contribution in [0.25, 0.3) is 0 Å². The van der Waals surface area contributed by atoms with Crippen molar-refractivity contribution in [2.75, 3.05) is 7.11 Å². The van der Waals surface area contributed by atoms with E-state index in [1.165, 1.54) is 13.2 Å². The molecule has 0 amide bonds. The lowest BCUT2D eigenvalue weighted by atomic mass is 10.1. The molecule has 0 aliphatic heterocycles. The third-order valence-electron chi connectivity index (χ3n) is 2.91. The van der Waals surface area contributed by atoms with E-state index in [2.05, 4.69) is 5.10 Å². The molecule has 0 atom stereocenters. The number of methoxy groups -OCH3 is 1. The van der Waals surface area contributed by atoms with Gasteiger partial charge in [0.1, 0.15) is 5.75 Å². The molecule has 6 heteroatoms. The predicted molar refractivity (Wildman–Crippen MR) is 70.5 cm³/mol. The highest BCUT2D eigenvalue weighted by atomic mass is 16.6. The SMILES string of the molecule is COc1ccc([N+](=O)[O-])c(Cn2nc(C)cc2C)c1. The summed E-state index contributed by atoms with van der Waals surface area (Å²) < 4.78 is 6.86. The second-order valence-electron chi connectivity index (χ2n) is 4.34. The van der Waals surface area contributed by atoms with Gasteiger partial charge in [0.2, 0.25) is 0 Å². The Morgan fingerprint density at radius 1 is 1.37 bits per heavy atom. The number of benzene rings is 1. The number of nitrogens with zero attached hydrogens (tertiary/aromatic N) is 3. The lowest BCUT2D eigenvalue weighted by molar-refractivity contribution is -0.385. The molecule has 2 aromatic rings. The van der Waals surface area contributed by atoms with Crippen LogP contribution in [0, 0.1) is 24.0 Å². The molecule has 0 fully saturated rings. The summed E-state index contributed by atoms with van der Waals surface area (Å²) >= 11 is 0. The van der Waals surface area contributed by atoms with Gasteiger partial charge < -0.3 is 4.74 Å². The fraction of sp³-hybridized carbons (Fsp3) is 0.308. The highest BCUT2D eigenvalue weighted by molar-refractivity contribution is 5.45. The molecule has 19 heavy (non-hydrogen) atoms. The standard InChI is InChI=1S/C13H15N3O3/c1-9-6-10(2)15(14-9)8-11-7-12(19-3)4-5-13(11)16(17)18/h4-7H,8H2,1-3H3. The Kier molecular flexibility index (Phi) is 3.50. The maximum absolute atomic E-state index is 11.0. The maximum Gasteiger partial charge on any atom is 0.274 e. The Bertz CT molecular complexity index is 620. The number of rotatable bonds is 4. The molecular weight excluding hydrogens is 246 g/mol. The molecule has 100 valence electrons. The van der Waals surface area contributed by atoms with Crippen LogP contribution in [0.4, 0.5) is 5.69 Å². The number of aromatic nitrogens is 2. The van der Waals surface area contributed by atoms with Gasteiger partial charge in [-0.1, -0.05) is 0 Å². The van der Waals surface area contributed by atoms with Gasteiger partial charge >= 0.3 is 0 Å². The molecule has 0 aliphatic carbocycles. The Hall–Kier alpha value is -2.37. The first-order chi connectivity index (χ1) is 9.01. The van der Waals surface area contributed by atoms with E-state index in [1.807, 2.05) is 19.9 Å². The summed E-state index contributed by atoms with van der Waals surface area (Å²) in [6.45, 7) is 4.17. The van der Waals surface area contributed by atoms with Crippen molar-refractivity contribution < 1.29 is 9.66 Å². The van der Waals surface area contributed by atoms with Crippen molar-refractivity contribution in [2.45, 2.75) is 20.4 Å². The predicted octanol–water partition coefficient (Wildman–Crippen LogP) is 2.47. The highest BCUT2D eigenvalue weighted by Gasteiger charge is 2.16. The molecule has 6 nitrogen and oxygen atoms in total. The molecule has 0 radical (unpaired) electrons. The molecule has 0 N–H and O–H groups in total. The molecule has 0 spiro atoms.